The molecule has 1 aromatic rings. The van der Waals surface area contributed by atoms with E-state index in [1.807, 2.05) is 0 Å². The lowest BCUT2D eigenvalue weighted by atomic mass is 10.3. The maximum Gasteiger partial charge on any atom is 0.220 e. The Bertz CT molecular complexity index is 414. The average Bonchev–Trinajstić information content (AvgIpc) is 3.07. The zero-order valence-corrected chi connectivity index (χ0v) is 10.8. The molecule has 5 nitrogen and oxygen atoms in total. The van der Waals surface area contributed by atoms with E-state index in [1.165, 1.54) is 0 Å². The van der Waals surface area contributed by atoms with Crippen molar-refractivity contribution in [2.24, 2.45) is 0 Å². The van der Waals surface area contributed by atoms with Crippen LogP contribution in [0.4, 0.5) is 11.5 Å². The minimum absolute atomic E-state index is 0.123. The number of halogens is 1. The summed E-state index contributed by atoms with van der Waals surface area (Å²) in [6.07, 6.45) is 3.53. The van der Waals surface area contributed by atoms with E-state index in [1.54, 1.807) is 12.1 Å². The monoisotopic (exact) mass is 268 g/mol. The molecule has 6 heteroatoms. The van der Waals surface area contributed by atoms with Crippen molar-refractivity contribution in [2.75, 3.05) is 17.6 Å². The Hall–Kier alpha value is -1.49. The molecule has 0 aliphatic heterocycles. The van der Waals surface area contributed by atoms with Gasteiger partial charge in [-0.1, -0.05) is 11.6 Å². The summed E-state index contributed by atoms with van der Waals surface area (Å²) in [4.78, 5) is 15.5. The molecule has 0 radical (unpaired) electrons. The van der Waals surface area contributed by atoms with Crippen LogP contribution in [0.5, 0.6) is 0 Å². The van der Waals surface area contributed by atoms with Crippen LogP contribution in [0.1, 0.15) is 25.7 Å². The van der Waals surface area contributed by atoms with Gasteiger partial charge >= 0.3 is 0 Å². The number of nitrogens with zero attached hydrogens (tertiary/aromatic N) is 1. The number of carbonyl (C=O) groups is 1. The molecular weight excluding hydrogens is 252 g/mol. The zero-order chi connectivity index (χ0) is 13.0. The van der Waals surface area contributed by atoms with Gasteiger partial charge in [0.1, 0.15) is 11.0 Å². The smallest absolute Gasteiger partial charge is 0.220 e. The molecule has 0 unspecified atom stereocenters. The lowest BCUT2D eigenvalue weighted by Gasteiger charge is -2.07. The largest absolute Gasteiger partial charge is 0.399 e. The van der Waals surface area contributed by atoms with E-state index in [0.717, 1.165) is 19.3 Å². The quantitative estimate of drug-likeness (QED) is 0.543. The SMILES string of the molecule is Nc1cc(Cl)nc(NCCCC(=O)NC2CC2)c1. The Labute approximate surface area is 111 Å². The second kappa shape index (κ2) is 5.91. The first-order valence-electron chi connectivity index (χ1n) is 6.10. The zero-order valence-electron chi connectivity index (χ0n) is 10.1. The predicted octanol–water partition coefficient (Wildman–Crippen LogP) is 1.79. The molecule has 1 saturated carbocycles. The number of hydrogen-bond acceptors (Lipinski definition) is 4. The van der Waals surface area contributed by atoms with Crippen molar-refractivity contribution in [3.8, 4) is 0 Å². The third-order valence-electron chi connectivity index (χ3n) is 2.65. The highest BCUT2D eigenvalue weighted by Gasteiger charge is 2.22. The molecule has 0 saturated heterocycles. The molecule has 1 fully saturated rings. The maximum absolute atomic E-state index is 11.4. The summed E-state index contributed by atoms with van der Waals surface area (Å²) in [5.41, 5.74) is 6.22. The van der Waals surface area contributed by atoms with Crippen LogP contribution in [0.15, 0.2) is 12.1 Å². The van der Waals surface area contributed by atoms with Crippen LogP contribution >= 0.6 is 11.6 Å². The van der Waals surface area contributed by atoms with Crippen LogP contribution < -0.4 is 16.4 Å². The van der Waals surface area contributed by atoms with Crippen molar-refractivity contribution in [1.29, 1.82) is 0 Å². The fraction of sp³-hybridized carbons (Fsp3) is 0.500. The van der Waals surface area contributed by atoms with Crippen molar-refractivity contribution in [2.45, 2.75) is 31.7 Å². The number of nitrogens with one attached hydrogen (secondary N) is 2. The van der Waals surface area contributed by atoms with Gasteiger partial charge in [-0.15, -0.1) is 0 Å². The lowest BCUT2D eigenvalue weighted by molar-refractivity contribution is -0.121. The molecule has 0 spiro atoms. The van der Waals surface area contributed by atoms with Gasteiger partial charge in [0, 0.05) is 30.8 Å². The Morgan fingerprint density at radius 3 is 2.94 bits per heavy atom. The van der Waals surface area contributed by atoms with Gasteiger partial charge in [0.2, 0.25) is 5.91 Å². The third-order valence-corrected chi connectivity index (χ3v) is 2.84. The summed E-state index contributed by atoms with van der Waals surface area (Å²) in [5, 5.41) is 6.41. The summed E-state index contributed by atoms with van der Waals surface area (Å²) < 4.78 is 0. The number of amides is 1. The van der Waals surface area contributed by atoms with Crippen molar-refractivity contribution >= 4 is 29.0 Å². The third kappa shape index (κ3) is 4.41. The lowest BCUT2D eigenvalue weighted by Crippen LogP contribution is -2.25. The van der Waals surface area contributed by atoms with E-state index in [2.05, 4.69) is 15.6 Å². The summed E-state index contributed by atoms with van der Waals surface area (Å²) in [7, 11) is 0. The van der Waals surface area contributed by atoms with Gasteiger partial charge in [-0.25, -0.2) is 4.98 Å². The van der Waals surface area contributed by atoms with Crippen LogP contribution in [0.2, 0.25) is 5.15 Å². The average molecular weight is 269 g/mol. The number of hydrogen-bond donors (Lipinski definition) is 3. The fourth-order valence-electron chi connectivity index (χ4n) is 1.60. The fourth-order valence-corrected chi connectivity index (χ4v) is 1.82. The minimum atomic E-state index is 0.123. The molecule has 1 amide bonds. The first-order valence-corrected chi connectivity index (χ1v) is 6.47. The van der Waals surface area contributed by atoms with Crippen molar-refractivity contribution < 1.29 is 4.79 Å². The van der Waals surface area contributed by atoms with Crippen LogP contribution in [-0.4, -0.2) is 23.5 Å². The van der Waals surface area contributed by atoms with E-state index in [0.29, 0.717) is 35.7 Å². The van der Waals surface area contributed by atoms with Gasteiger partial charge < -0.3 is 16.4 Å². The molecule has 1 heterocycles. The molecule has 1 aromatic heterocycles. The molecule has 0 aromatic carbocycles. The molecule has 1 aliphatic carbocycles. The second-order valence-electron chi connectivity index (χ2n) is 4.48. The van der Waals surface area contributed by atoms with E-state index in [-0.39, 0.29) is 5.91 Å². The molecule has 2 rings (SSSR count). The van der Waals surface area contributed by atoms with Crippen LogP contribution in [0.25, 0.3) is 0 Å². The van der Waals surface area contributed by atoms with Gasteiger partial charge in [0.05, 0.1) is 0 Å². The number of nitrogens with two attached hydrogens (primary N) is 1. The van der Waals surface area contributed by atoms with Gasteiger partial charge in [0.25, 0.3) is 0 Å². The molecule has 4 N–H and O–H groups in total. The highest BCUT2D eigenvalue weighted by Crippen LogP contribution is 2.19. The Morgan fingerprint density at radius 1 is 1.50 bits per heavy atom. The Morgan fingerprint density at radius 2 is 2.28 bits per heavy atom. The van der Waals surface area contributed by atoms with Crippen LogP contribution in [0.3, 0.4) is 0 Å². The minimum Gasteiger partial charge on any atom is -0.399 e. The number of carbonyl (C=O) groups excluding carboxylic acids is 1. The number of anilines is 2. The summed E-state index contributed by atoms with van der Waals surface area (Å²) in [6.45, 7) is 0.671. The number of pyridine rings is 1. The van der Waals surface area contributed by atoms with Gasteiger partial charge in [-0.2, -0.15) is 0 Å². The molecule has 98 valence electrons. The first-order chi connectivity index (χ1) is 8.63. The highest BCUT2D eigenvalue weighted by molar-refractivity contribution is 6.29. The topological polar surface area (TPSA) is 80.0 Å². The molecule has 0 atom stereocenters. The Balaban J connectivity index is 1.66. The molecule has 1 aliphatic rings. The number of nitrogen functional groups attached to an aromatic ring is 1. The van der Waals surface area contributed by atoms with Crippen molar-refractivity contribution in [3.05, 3.63) is 17.3 Å². The van der Waals surface area contributed by atoms with E-state index in [4.69, 9.17) is 17.3 Å². The predicted molar refractivity (Wildman–Crippen MR) is 72.5 cm³/mol. The molecule has 0 bridgehead atoms. The molecular formula is C12H17ClN4O. The van der Waals surface area contributed by atoms with E-state index in [9.17, 15) is 4.79 Å². The first kappa shape index (κ1) is 13.0. The Kier molecular flexibility index (Phi) is 4.25. The van der Waals surface area contributed by atoms with Gasteiger partial charge in [0.15, 0.2) is 0 Å². The number of rotatable bonds is 6. The summed E-state index contributed by atoms with van der Waals surface area (Å²) >= 11 is 5.78. The normalized spacial score (nSPS) is 14.3. The highest BCUT2D eigenvalue weighted by atomic mass is 35.5. The van der Waals surface area contributed by atoms with Crippen LogP contribution in [-0.2, 0) is 4.79 Å². The summed E-state index contributed by atoms with van der Waals surface area (Å²) in [5.74, 6) is 0.764. The van der Waals surface area contributed by atoms with Gasteiger partial charge in [-0.3, -0.25) is 4.79 Å². The standard InChI is InChI=1S/C12H17ClN4O/c13-10-6-8(14)7-11(17-10)15-5-1-2-12(18)16-9-3-4-9/h6-7,9H,1-5H2,(H,16,18)(H3,14,15,17). The second-order valence-corrected chi connectivity index (χ2v) is 4.87. The molecule has 18 heavy (non-hydrogen) atoms. The summed E-state index contributed by atoms with van der Waals surface area (Å²) in [6, 6.07) is 3.74. The van der Waals surface area contributed by atoms with E-state index < -0.39 is 0 Å². The maximum atomic E-state index is 11.4. The van der Waals surface area contributed by atoms with Crippen LogP contribution in [0, 0.1) is 0 Å². The van der Waals surface area contributed by atoms with Gasteiger partial charge in [-0.05, 0) is 25.3 Å². The van der Waals surface area contributed by atoms with E-state index >= 15 is 0 Å². The van der Waals surface area contributed by atoms with Crippen molar-refractivity contribution in [1.82, 2.24) is 10.3 Å². The van der Waals surface area contributed by atoms with Crippen molar-refractivity contribution in [3.63, 3.8) is 0 Å². The number of aromatic nitrogens is 1.